The lowest BCUT2D eigenvalue weighted by Crippen LogP contribution is -2.37. The molecule has 9 heteroatoms. The molecule has 2 aromatic rings. The highest BCUT2D eigenvalue weighted by Gasteiger charge is 2.35. The van der Waals surface area contributed by atoms with Crippen LogP contribution in [0.2, 0.25) is 0 Å². The number of carbonyl (C=O) groups excluding carboxylic acids is 1. The van der Waals surface area contributed by atoms with Gasteiger partial charge in [-0.15, -0.1) is 0 Å². The van der Waals surface area contributed by atoms with Gasteiger partial charge in [-0.05, 0) is 31.4 Å². The van der Waals surface area contributed by atoms with Crippen molar-refractivity contribution in [3.63, 3.8) is 0 Å². The fourth-order valence-corrected chi connectivity index (χ4v) is 4.08. The largest absolute Gasteiger partial charge is 0.393 e. The van der Waals surface area contributed by atoms with Gasteiger partial charge in [0.2, 0.25) is 5.91 Å². The fraction of sp³-hybridized carbons (Fsp3) is 0.550. The van der Waals surface area contributed by atoms with Gasteiger partial charge in [-0.1, -0.05) is 0 Å². The van der Waals surface area contributed by atoms with Crippen LogP contribution in [0.15, 0.2) is 12.3 Å². The van der Waals surface area contributed by atoms with E-state index in [2.05, 4.69) is 4.98 Å². The molecule has 3 heterocycles. The minimum absolute atomic E-state index is 0.00971. The van der Waals surface area contributed by atoms with Gasteiger partial charge in [-0.25, -0.2) is 13.8 Å². The normalized spacial score (nSPS) is 21.1. The van der Waals surface area contributed by atoms with E-state index in [1.807, 2.05) is 4.68 Å². The third-order valence-electron chi connectivity index (χ3n) is 5.97. The van der Waals surface area contributed by atoms with Crippen molar-refractivity contribution < 1.29 is 18.7 Å². The molecule has 29 heavy (non-hydrogen) atoms. The lowest BCUT2D eigenvalue weighted by atomic mass is 9.89. The molecule has 1 aliphatic carbocycles. The molecule has 2 aromatic heterocycles. The number of carbonyl (C=O) groups is 1. The van der Waals surface area contributed by atoms with Gasteiger partial charge in [0.05, 0.1) is 18.7 Å². The number of hydrogen-bond donors (Lipinski definition) is 1. The first kappa shape index (κ1) is 19.8. The Morgan fingerprint density at radius 1 is 1.38 bits per heavy atom. The van der Waals surface area contributed by atoms with Crippen LogP contribution in [0.5, 0.6) is 0 Å². The summed E-state index contributed by atoms with van der Waals surface area (Å²) in [5.74, 6) is 0.986. The maximum absolute atomic E-state index is 13.4. The van der Waals surface area contributed by atoms with Crippen LogP contribution in [0.25, 0.3) is 0 Å². The van der Waals surface area contributed by atoms with Crippen molar-refractivity contribution in [2.75, 3.05) is 18.5 Å². The van der Waals surface area contributed by atoms with Crippen LogP contribution in [-0.4, -0.2) is 50.4 Å². The average molecular weight is 405 g/mol. The molecule has 1 saturated carbocycles. The molecule has 0 saturated heterocycles. The molecule has 1 N–H and O–H groups in total. The van der Waals surface area contributed by atoms with E-state index in [0.717, 1.165) is 11.3 Å². The Labute approximate surface area is 167 Å². The number of alkyl halides is 2. The molecule has 0 aromatic carbocycles. The summed E-state index contributed by atoms with van der Waals surface area (Å²) in [4.78, 5) is 19.7. The molecule has 0 radical (unpaired) electrons. The van der Waals surface area contributed by atoms with E-state index in [9.17, 15) is 18.7 Å². The highest BCUT2D eigenvalue weighted by atomic mass is 19.3. The molecule has 0 bridgehead atoms. The molecular formula is C20H25F2N5O2. The monoisotopic (exact) mass is 405 g/mol. The third kappa shape index (κ3) is 3.48. The van der Waals surface area contributed by atoms with E-state index in [-0.39, 0.29) is 23.6 Å². The molecule has 0 atom stereocenters. The van der Waals surface area contributed by atoms with Crippen LogP contribution >= 0.6 is 0 Å². The number of rotatable bonds is 4. The van der Waals surface area contributed by atoms with Crippen LogP contribution in [0.1, 0.15) is 54.6 Å². The Kier molecular flexibility index (Phi) is 5.02. The smallest absolute Gasteiger partial charge is 0.264 e. The fourth-order valence-electron chi connectivity index (χ4n) is 4.08. The minimum atomic E-state index is -2.58. The van der Waals surface area contributed by atoms with Gasteiger partial charge in [0.1, 0.15) is 5.82 Å². The maximum atomic E-state index is 13.4. The van der Waals surface area contributed by atoms with E-state index in [1.54, 1.807) is 23.8 Å². The van der Waals surface area contributed by atoms with Crippen molar-refractivity contribution in [2.45, 2.75) is 58.2 Å². The summed E-state index contributed by atoms with van der Waals surface area (Å²) in [6.07, 6.45) is 0.511. The number of nitrogens with zero attached hydrogens (tertiary/aromatic N) is 5. The Morgan fingerprint density at radius 2 is 2.10 bits per heavy atom. The molecule has 4 rings (SSSR count). The number of aliphatic hydroxyl groups excluding tert-OH is 1. The van der Waals surface area contributed by atoms with Crippen LogP contribution in [-0.2, 0) is 17.8 Å². The molecule has 1 fully saturated rings. The highest BCUT2D eigenvalue weighted by molar-refractivity contribution is 5.74. The zero-order valence-electron chi connectivity index (χ0n) is 16.8. The number of anilines is 2. The van der Waals surface area contributed by atoms with Crippen molar-refractivity contribution in [3.05, 3.63) is 34.6 Å². The standard InChI is InChI=1S/C20H25F2N5O2/c1-11-9-23-18(8-15(11)19(21)22)25(3)20-16-10-26(12(2)28)5-4-17(16)27(24-20)13-6-14(29)7-13/h8-9,13-14,19,29H,4-7,10H2,1-3H3. The van der Waals surface area contributed by atoms with Gasteiger partial charge in [0.15, 0.2) is 5.82 Å². The first-order valence-electron chi connectivity index (χ1n) is 9.78. The van der Waals surface area contributed by atoms with Crippen LogP contribution < -0.4 is 4.90 Å². The van der Waals surface area contributed by atoms with E-state index >= 15 is 0 Å². The molecule has 156 valence electrons. The average Bonchev–Trinajstić information content (AvgIpc) is 3.03. The second kappa shape index (κ2) is 7.37. The quantitative estimate of drug-likeness (QED) is 0.847. The number of pyridine rings is 1. The molecular weight excluding hydrogens is 380 g/mol. The predicted molar refractivity (Wildman–Crippen MR) is 103 cm³/mol. The molecule has 1 aliphatic heterocycles. The Bertz CT molecular complexity index is 939. The summed E-state index contributed by atoms with van der Waals surface area (Å²) in [5.41, 5.74) is 2.34. The van der Waals surface area contributed by atoms with Crippen molar-refractivity contribution in [2.24, 2.45) is 0 Å². The zero-order chi connectivity index (χ0) is 20.9. The number of aliphatic hydroxyl groups is 1. The molecule has 1 amide bonds. The minimum Gasteiger partial charge on any atom is -0.393 e. The van der Waals surface area contributed by atoms with Gasteiger partial charge in [0.25, 0.3) is 6.43 Å². The van der Waals surface area contributed by atoms with Gasteiger partial charge in [-0.3, -0.25) is 9.48 Å². The lowest BCUT2D eigenvalue weighted by molar-refractivity contribution is -0.129. The van der Waals surface area contributed by atoms with Crippen molar-refractivity contribution in [1.82, 2.24) is 19.7 Å². The predicted octanol–water partition coefficient (Wildman–Crippen LogP) is 2.89. The van der Waals surface area contributed by atoms with Crippen LogP contribution in [0, 0.1) is 6.92 Å². The van der Waals surface area contributed by atoms with Gasteiger partial charge >= 0.3 is 0 Å². The van der Waals surface area contributed by atoms with Gasteiger partial charge in [0, 0.05) is 50.0 Å². The number of amides is 1. The Morgan fingerprint density at radius 3 is 2.72 bits per heavy atom. The summed E-state index contributed by atoms with van der Waals surface area (Å²) < 4.78 is 28.7. The van der Waals surface area contributed by atoms with Crippen molar-refractivity contribution >= 4 is 17.5 Å². The Balaban J connectivity index is 1.75. The number of aryl methyl sites for hydroxylation is 1. The van der Waals surface area contributed by atoms with E-state index in [1.165, 1.54) is 19.2 Å². The van der Waals surface area contributed by atoms with E-state index < -0.39 is 6.43 Å². The SMILES string of the molecule is CC(=O)N1CCc2c(c(N(C)c3cc(C(F)F)c(C)cn3)nn2C2CC(O)C2)C1. The summed E-state index contributed by atoms with van der Waals surface area (Å²) in [6, 6.07) is 1.51. The number of fused-ring (bicyclic) bond motifs is 1. The third-order valence-corrected chi connectivity index (χ3v) is 5.97. The topological polar surface area (TPSA) is 74.5 Å². The first-order valence-corrected chi connectivity index (χ1v) is 9.78. The number of aromatic nitrogens is 3. The summed E-state index contributed by atoms with van der Waals surface area (Å²) in [5, 5.41) is 14.5. The second-order valence-corrected chi connectivity index (χ2v) is 7.92. The van der Waals surface area contributed by atoms with E-state index in [4.69, 9.17) is 5.10 Å². The van der Waals surface area contributed by atoms with Gasteiger partial charge < -0.3 is 14.9 Å². The van der Waals surface area contributed by atoms with E-state index in [0.29, 0.717) is 49.6 Å². The number of hydrogen-bond acceptors (Lipinski definition) is 5. The molecule has 0 spiro atoms. The summed E-state index contributed by atoms with van der Waals surface area (Å²) in [7, 11) is 1.75. The van der Waals surface area contributed by atoms with Crippen LogP contribution in [0.4, 0.5) is 20.4 Å². The lowest BCUT2D eigenvalue weighted by Gasteiger charge is -2.34. The number of halogens is 2. The summed E-state index contributed by atoms with van der Waals surface area (Å²) in [6.45, 7) is 4.19. The first-order chi connectivity index (χ1) is 13.8. The Hall–Kier alpha value is -2.55. The molecule has 7 nitrogen and oxygen atoms in total. The molecule has 0 unspecified atom stereocenters. The van der Waals surface area contributed by atoms with Crippen molar-refractivity contribution in [3.8, 4) is 0 Å². The molecule has 2 aliphatic rings. The second-order valence-electron chi connectivity index (χ2n) is 7.92. The highest BCUT2D eigenvalue weighted by Crippen LogP contribution is 2.39. The van der Waals surface area contributed by atoms with Gasteiger partial charge in [-0.2, -0.15) is 5.10 Å². The summed E-state index contributed by atoms with van der Waals surface area (Å²) >= 11 is 0. The zero-order valence-corrected chi connectivity index (χ0v) is 16.8. The maximum Gasteiger partial charge on any atom is 0.264 e. The van der Waals surface area contributed by atoms with Crippen LogP contribution in [0.3, 0.4) is 0 Å². The van der Waals surface area contributed by atoms with Crippen molar-refractivity contribution in [1.29, 1.82) is 0 Å².